The van der Waals surface area contributed by atoms with Crippen LogP contribution in [0.4, 0.5) is 0 Å². The van der Waals surface area contributed by atoms with Crippen LogP contribution < -0.4 is 4.74 Å². The Morgan fingerprint density at radius 3 is 2.65 bits per heavy atom. The predicted molar refractivity (Wildman–Crippen MR) is 64.6 cm³/mol. The molecule has 0 unspecified atom stereocenters. The van der Waals surface area contributed by atoms with Crippen molar-refractivity contribution in [2.45, 2.75) is 19.0 Å². The summed E-state index contributed by atoms with van der Waals surface area (Å²) in [7, 11) is 1.66. The highest BCUT2D eigenvalue weighted by atomic mass is 16.5. The Kier molecular flexibility index (Phi) is 2.39. The first-order valence-electron chi connectivity index (χ1n) is 5.89. The Hall–Kier alpha value is -1.77. The Morgan fingerprint density at radius 2 is 2.06 bits per heavy atom. The third-order valence-corrected chi connectivity index (χ3v) is 3.57. The minimum absolute atomic E-state index is 0.137. The number of methoxy groups -OCH3 is 1. The molecule has 2 atom stereocenters. The van der Waals surface area contributed by atoms with Gasteiger partial charge in [0.25, 0.3) is 0 Å². The van der Waals surface area contributed by atoms with Crippen LogP contribution in [0.15, 0.2) is 36.4 Å². The van der Waals surface area contributed by atoms with Crippen LogP contribution in [0.25, 0.3) is 0 Å². The maximum absolute atomic E-state index is 11.9. The van der Waals surface area contributed by atoms with Gasteiger partial charge in [0, 0.05) is 6.54 Å². The van der Waals surface area contributed by atoms with Gasteiger partial charge in [-0.15, -0.1) is 0 Å². The van der Waals surface area contributed by atoms with Gasteiger partial charge >= 0.3 is 0 Å². The third-order valence-electron chi connectivity index (χ3n) is 3.57. The molecule has 3 nitrogen and oxygen atoms in total. The summed E-state index contributed by atoms with van der Waals surface area (Å²) < 4.78 is 5.12. The number of nitrogens with zero attached hydrogens (tertiary/aromatic N) is 1. The molecule has 1 aromatic rings. The second-order valence-corrected chi connectivity index (χ2v) is 4.61. The summed E-state index contributed by atoms with van der Waals surface area (Å²) in [5.41, 5.74) is 1.15. The van der Waals surface area contributed by atoms with Gasteiger partial charge in [-0.25, -0.2) is 0 Å². The first-order chi connectivity index (χ1) is 8.28. The summed E-state index contributed by atoms with van der Waals surface area (Å²) in [6.07, 6.45) is 5.15. The fourth-order valence-electron chi connectivity index (χ4n) is 2.59. The molecular weight excluding hydrogens is 214 g/mol. The molecule has 2 bridgehead atoms. The topological polar surface area (TPSA) is 29.5 Å². The van der Waals surface area contributed by atoms with E-state index in [4.69, 9.17) is 4.74 Å². The fourth-order valence-corrected chi connectivity index (χ4v) is 2.59. The number of fused-ring (bicyclic) bond motifs is 2. The van der Waals surface area contributed by atoms with Gasteiger partial charge in [0.05, 0.1) is 19.1 Å². The van der Waals surface area contributed by atoms with Crippen molar-refractivity contribution < 1.29 is 9.53 Å². The van der Waals surface area contributed by atoms with Crippen molar-refractivity contribution >= 4 is 5.91 Å². The summed E-state index contributed by atoms with van der Waals surface area (Å²) >= 11 is 0. The Bertz CT molecular complexity index is 464. The van der Waals surface area contributed by atoms with Crippen LogP contribution in [0.1, 0.15) is 12.0 Å². The summed E-state index contributed by atoms with van der Waals surface area (Å²) in [5, 5.41) is 0. The van der Waals surface area contributed by atoms with E-state index < -0.39 is 0 Å². The molecule has 1 heterocycles. The first-order valence-corrected chi connectivity index (χ1v) is 5.89. The van der Waals surface area contributed by atoms with Gasteiger partial charge in [-0.2, -0.15) is 0 Å². The molecule has 1 amide bonds. The molecule has 3 heteroatoms. The summed E-state index contributed by atoms with van der Waals surface area (Å²) in [5.74, 6) is 1.26. The zero-order valence-electron chi connectivity index (χ0n) is 9.80. The number of carbonyl (C=O) groups is 1. The Balaban J connectivity index is 1.74. The van der Waals surface area contributed by atoms with E-state index in [-0.39, 0.29) is 11.8 Å². The highest BCUT2D eigenvalue weighted by Gasteiger charge is 2.40. The molecule has 0 aromatic heterocycles. The number of amides is 1. The zero-order chi connectivity index (χ0) is 11.8. The average molecular weight is 229 g/mol. The zero-order valence-corrected chi connectivity index (χ0v) is 9.80. The van der Waals surface area contributed by atoms with E-state index in [1.807, 2.05) is 35.2 Å². The lowest BCUT2D eigenvalue weighted by molar-refractivity contribution is -0.131. The molecule has 17 heavy (non-hydrogen) atoms. The van der Waals surface area contributed by atoms with E-state index in [1.54, 1.807) is 7.11 Å². The molecule has 3 rings (SSSR count). The molecule has 1 aliphatic heterocycles. The lowest BCUT2D eigenvalue weighted by Crippen LogP contribution is -2.33. The second-order valence-electron chi connectivity index (χ2n) is 4.61. The fraction of sp³-hybridized carbons (Fsp3) is 0.357. The smallest absolute Gasteiger partial charge is 0.230 e. The molecule has 2 aliphatic rings. The lowest BCUT2D eigenvalue weighted by atomic mass is 10.1. The molecule has 0 N–H and O–H groups in total. The number of likely N-dealkylation sites (tertiary alicyclic amines) is 1. The standard InChI is InChI=1S/C14H15NO2/c1-17-13-6-2-10(3-7-13)9-15-12-5-4-11(8-12)14(15)16/h2-7,11-12H,8-9H2,1H3/t11-,12+/m0/s1. The van der Waals surface area contributed by atoms with E-state index in [0.717, 1.165) is 17.7 Å². The van der Waals surface area contributed by atoms with Gasteiger partial charge in [0.2, 0.25) is 5.91 Å². The quantitative estimate of drug-likeness (QED) is 0.742. The molecule has 0 spiro atoms. The van der Waals surface area contributed by atoms with E-state index >= 15 is 0 Å². The minimum Gasteiger partial charge on any atom is -0.497 e. The van der Waals surface area contributed by atoms with Gasteiger partial charge in [0.15, 0.2) is 0 Å². The monoisotopic (exact) mass is 229 g/mol. The van der Waals surface area contributed by atoms with Crippen molar-refractivity contribution in [1.82, 2.24) is 4.90 Å². The molecule has 0 radical (unpaired) electrons. The predicted octanol–water partition coefficient (Wildman–Crippen LogP) is 1.98. The Morgan fingerprint density at radius 1 is 1.29 bits per heavy atom. The van der Waals surface area contributed by atoms with Crippen LogP contribution in [0.2, 0.25) is 0 Å². The van der Waals surface area contributed by atoms with E-state index in [9.17, 15) is 4.79 Å². The van der Waals surface area contributed by atoms with Crippen LogP contribution in [0, 0.1) is 5.92 Å². The SMILES string of the molecule is COc1ccc(CN2C(=O)[C@H]3C=C[C@@H]2C3)cc1. The van der Waals surface area contributed by atoms with Crippen molar-refractivity contribution in [2.75, 3.05) is 7.11 Å². The van der Waals surface area contributed by atoms with Crippen LogP contribution in [-0.2, 0) is 11.3 Å². The largest absolute Gasteiger partial charge is 0.497 e. The highest BCUT2D eigenvalue weighted by molar-refractivity contribution is 5.85. The maximum atomic E-state index is 11.9. The molecule has 0 saturated carbocycles. The number of rotatable bonds is 3. The van der Waals surface area contributed by atoms with Gasteiger partial charge in [-0.05, 0) is 24.1 Å². The number of ether oxygens (including phenoxy) is 1. The molecule has 1 fully saturated rings. The summed E-state index contributed by atoms with van der Waals surface area (Å²) in [4.78, 5) is 13.9. The van der Waals surface area contributed by atoms with E-state index in [0.29, 0.717) is 12.6 Å². The molecule has 1 saturated heterocycles. The van der Waals surface area contributed by atoms with Crippen LogP contribution in [0.3, 0.4) is 0 Å². The number of carbonyl (C=O) groups excluding carboxylic acids is 1. The first kappa shape index (κ1) is 10.4. The van der Waals surface area contributed by atoms with Crippen LogP contribution in [0.5, 0.6) is 5.75 Å². The van der Waals surface area contributed by atoms with Crippen molar-refractivity contribution in [2.24, 2.45) is 5.92 Å². The molecule has 88 valence electrons. The van der Waals surface area contributed by atoms with E-state index in [2.05, 4.69) is 6.08 Å². The van der Waals surface area contributed by atoms with Gasteiger partial charge in [0.1, 0.15) is 5.75 Å². The highest BCUT2D eigenvalue weighted by Crippen LogP contribution is 2.33. The number of hydrogen-bond donors (Lipinski definition) is 0. The van der Waals surface area contributed by atoms with Crippen molar-refractivity contribution in [3.63, 3.8) is 0 Å². The second kappa shape index (κ2) is 3.91. The van der Waals surface area contributed by atoms with Crippen molar-refractivity contribution in [3.8, 4) is 5.75 Å². The normalized spacial score (nSPS) is 25.7. The van der Waals surface area contributed by atoms with Gasteiger partial charge < -0.3 is 9.64 Å². The maximum Gasteiger partial charge on any atom is 0.230 e. The minimum atomic E-state index is 0.137. The van der Waals surface area contributed by atoms with Crippen LogP contribution in [-0.4, -0.2) is 24.0 Å². The van der Waals surface area contributed by atoms with Crippen molar-refractivity contribution in [3.05, 3.63) is 42.0 Å². The third kappa shape index (κ3) is 1.71. The molecule has 1 aliphatic carbocycles. The molecule has 1 aromatic carbocycles. The lowest BCUT2D eigenvalue weighted by Gasteiger charge is -2.24. The van der Waals surface area contributed by atoms with Gasteiger partial charge in [-0.1, -0.05) is 24.3 Å². The molecular formula is C14H15NO2. The number of benzene rings is 1. The number of hydrogen-bond acceptors (Lipinski definition) is 2. The summed E-state index contributed by atoms with van der Waals surface area (Å²) in [6.45, 7) is 0.703. The van der Waals surface area contributed by atoms with Gasteiger partial charge in [-0.3, -0.25) is 4.79 Å². The van der Waals surface area contributed by atoms with Crippen molar-refractivity contribution in [1.29, 1.82) is 0 Å². The average Bonchev–Trinajstić information content (AvgIpc) is 2.94. The Labute approximate surface area is 101 Å². The summed E-state index contributed by atoms with van der Waals surface area (Å²) in [6, 6.07) is 8.21. The van der Waals surface area contributed by atoms with E-state index in [1.165, 1.54) is 0 Å². The van der Waals surface area contributed by atoms with Crippen LogP contribution >= 0.6 is 0 Å².